The van der Waals surface area contributed by atoms with E-state index in [1.54, 1.807) is 42.6 Å². The van der Waals surface area contributed by atoms with E-state index in [9.17, 15) is 14.0 Å². The van der Waals surface area contributed by atoms with E-state index in [-0.39, 0.29) is 36.0 Å². The summed E-state index contributed by atoms with van der Waals surface area (Å²) in [6.07, 6.45) is 3.55. The molecule has 2 unspecified atom stereocenters. The van der Waals surface area contributed by atoms with Crippen LogP contribution in [-0.4, -0.2) is 52.3 Å². The Bertz CT molecular complexity index is 842. The lowest BCUT2D eigenvalue weighted by Crippen LogP contribution is -2.48. The van der Waals surface area contributed by atoms with Gasteiger partial charge in [-0.25, -0.2) is 4.39 Å². The molecule has 0 aliphatic carbocycles. The Labute approximate surface area is 157 Å². The summed E-state index contributed by atoms with van der Waals surface area (Å²) in [6, 6.07) is 11.7. The molecule has 5 rings (SSSR count). The molecule has 0 radical (unpaired) electrons. The number of aromatic nitrogens is 1. The molecule has 2 bridgehead atoms. The molecule has 4 heterocycles. The van der Waals surface area contributed by atoms with E-state index in [2.05, 4.69) is 4.98 Å². The molecule has 1 aromatic heterocycles. The molecule has 1 aromatic carbocycles. The normalized spacial score (nSPS) is 21.8. The van der Waals surface area contributed by atoms with Gasteiger partial charge in [-0.2, -0.15) is 0 Å². The van der Waals surface area contributed by atoms with Crippen LogP contribution in [-0.2, 0) is 11.2 Å². The number of hydrogen-bond acceptors (Lipinski definition) is 3. The Balaban J connectivity index is 1.49. The molecular formula is C21H22FN3O2. The quantitative estimate of drug-likeness (QED) is 0.838. The van der Waals surface area contributed by atoms with Crippen LogP contribution in [0.25, 0.3) is 0 Å². The number of rotatable bonds is 3. The van der Waals surface area contributed by atoms with E-state index in [1.807, 2.05) is 9.80 Å². The second-order valence-corrected chi connectivity index (χ2v) is 7.34. The minimum absolute atomic E-state index is 0.0179. The monoisotopic (exact) mass is 367 g/mol. The lowest BCUT2D eigenvalue weighted by Gasteiger charge is -2.36. The van der Waals surface area contributed by atoms with Crippen LogP contribution in [0.4, 0.5) is 4.39 Å². The number of pyridine rings is 1. The number of carbonyl (C=O) groups excluding carboxylic acids is 2. The molecule has 2 aromatic rings. The van der Waals surface area contributed by atoms with Crippen LogP contribution >= 0.6 is 0 Å². The van der Waals surface area contributed by atoms with Gasteiger partial charge in [0.15, 0.2) is 0 Å². The van der Waals surface area contributed by atoms with Crippen molar-refractivity contribution in [1.29, 1.82) is 0 Å². The highest BCUT2D eigenvalue weighted by Crippen LogP contribution is 2.29. The summed E-state index contributed by atoms with van der Waals surface area (Å²) in [5.41, 5.74) is 0.854. The standard InChI is InChI=1S/C21H22FN3O2/c22-18-6-2-1-5-16(18)11-20(26)25-13-15-8-9-17(25)14-24(12-15)21(27)19-7-3-4-10-23-19/h1-7,10,15,17H,8-9,11-14H2. The summed E-state index contributed by atoms with van der Waals surface area (Å²) >= 11 is 0. The van der Waals surface area contributed by atoms with Gasteiger partial charge in [0.1, 0.15) is 11.5 Å². The van der Waals surface area contributed by atoms with Crippen molar-refractivity contribution in [1.82, 2.24) is 14.8 Å². The van der Waals surface area contributed by atoms with Gasteiger partial charge in [-0.05, 0) is 42.5 Å². The van der Waals surface area contributed by atoms with Gasteiger partial charge in [0.25, 0.3) is 5.91 Å². The summed E-state index contributed by atoms with van der Waals surface area (Å²) in [7, 11) is 0. The van der Waals surface area contributed by atoms with Crippen molar-refractivity contribution in [3.63, 3.8) is 0 Å². The fourth-order valence-electron chi connectivity index (χ4n) is 4.11. The second-order valence-electron chi connectivity index (χ2n) is 7.34. The molecule has 2 amide bonds. The van der Waals surface area contributed by atoms with E-state index in [1.165, 1.54) is 6.07 Å². The molecule has 0 N–H and O–H groups in total. The van der Waals surface area contributed by atoms with Gasteiger partial charge in [0.05, 0.1) is 6.42 Å². The fraction of sp³-hybridized carbons (Fsp3) is 0.381. The van der Waals surface area contributed by atoms with E-state index in [0.29, 0.717) is 30.9 Å². The highest BCUT2D eigenvalue weighted by Gasteiger charge is 2.38. The zero-order chi connectivity index (χ0) is 18.8. The van der Waals surface area contributed by atoms with E-state index in [4.69, 9.17) is 0 Å². The van der Waals surface area contributed by atoms with Gasteiger partial charge >= 0.3 is 0 Å². The Hall–Kier alpha value is -2.76. The second kappa shape index (κ2) is 7.47. The first-order valence-electron chi connectivity index (χ1n) is 9.35. The lowest BCUT2D eigenvalue weighted by atomic mass is 9.94. The molecular weight excluding hydrogens is 345 g/mol. The number of benzene rings is 1. The smallest absolute Gasteiger partial charge is 0.272 e. The van der Waals surface area contributed by atoms with Crippen LogP contribution in [0, 0.1) is 11.7 Å². The van der Waals surface area contributed by atoms with Gasteiger partial charge < -0.3 is 9.80 Å². The Morgan fingerprint density at radius 1 is 1.04 bits per heavy atom. The molecule has 0 spiro atoms. The molecule has 6 heteroatoms. The number of nitrogens with zero attached hydrogens (tertiary/aromatic N) is 3. The van der Waals surface area contributed by atoms with Gasteiger partial charge in [-0.15, -0.1) is 0 Å². The highest BCUT2D eigenvalue weighted by molar-refractivity contribution is 5.92. The van der Waals surface area contributed by atoms with Crippen LogP contribution in [0.1, 0.15) is 28.9 Å². The van der Waals surface area contributed by atoms with Crippen molar-refractivity contribution in [2.45, 2.75) is 25.3 Å². The molecule has 3 fully saturated rings. The predicted molar refractivity (Wildman–Crippen MR) is 98.5 cm³/mol. The molecule has 2 atom stereocenters. The fourth-order valence-corrected chi connectivity index (χ4v) is 4.11. The van der Waals surface area contributed by atoms with Gasteiger partial charge in [-0.1, -0.05) is 24.3 Å². The van der Waals surface area contributed by atoms with E-state index < -0.39 is 0 Å². The molecule has 3 aliphatic rings. The number of halogens is 1. The number of piperidine rings is 1. The van der Waals surface area contributed by atoms with E-state index >= 15 is 0 Å². The van der Waals surface area contributed by atoms with Gasteiger partial charge in [0.2, 0.25) is 5.91 Å². The molecule has 3 aliphatic heterocycles. The maximum absolute atomic E-state index is 13.9. The SMILES string of the molecule is O=C(c1ccccn1)N1CC2CCC(C1)N(C(=O)Cc1ccccc1F)C2. The van der Waals surface area contributed by atoms with Crippen molar-refractivity contribution in [3.05, 3.63) is 65.7 Å². The van der Waals surface area contributed by atoms with Crippen LogP contribution in [0.2, 0.25) is 0 Å². The van der Waals surface area contributed by atoms with Crippen LogP contribution in [0.5, 0.6) is 0 Å². The molecule has 3 saturated heterocycles. The lowest BCUT2D eigenvalue weighted by molar-refractivity contribution is -0.134. The first-order valence-corrected chi connectivity index (χ1v) is 9.35. The number of amides is 2. The van der Waals surface area contributed by atoms with Crippen LogP contribution in [0.15, 0.2) is 48.7 Å². The zero-order valence-corrected chi connectivity index (χ0v) is 15.1. The third-order valence-corrected chi connectivity index (χ3v) is 5.50. The summed E-state index contributed by atoms with van der Waals surface area (Å²) < 4.78 is 13.9. The maximum atomic E-state index is 13.9. The summed E-state index contributed by atoms with van der Waals surface area (Å²) in [5.74, 6) is -0.253. The first kappa shape index (κ1) is 17.6. The average molecular weight is 367 g/mol. The van der Waals surface area contributed by atoms with Crippen molar-refractivity contribution >= 4 is 11.8 Å². The van der Waals surface area contributed by atoms with Crippen LogP contribution in [0.3, 0.4) is 0 Å². The average Bonchev–Trinajstić information content (AvgIpc) is 3.02. The topological polar surface area (TPSA) is 53.5 Å². The molecule has 5 nitrogen and oxygen atoms in total. The predicted octanol–water partition coefficient (Wildman–Crippen LogP) is 2.53. The van der Waals surface area contributed by atoms with E-state index in [0.717, 1.165) is 12.8 Å². The molecule has 0 saturated carbocycles. The largest absolute Gasteiger partial charge is 0.337 e. The molecule has 140 valence electrons. The zero-order valence-electron chi connectivity index (χ0n) is 15.1. The Morgan fingerprint density at radius 3 is 2.63 bits per heavy atom. The summed E-state index contributed by atoms with van der Waals surface area (Å²) in [6.45, 7) is 1.77. The number of hydrogen-bond donors (Lipinski definition) is 0. The van der Waals surface area contributed by atoms with Gasteiger partial charge in [-0.3, -0.25) is 14.6 Å². The maximum Gasteiger partial charge on any atom is 0.272 e. The first-order chi connectivity index (χ1) is 13.1. The minimum Gasteiger partial charge on any atom is -0.337 e. The van der Waals surface area contributed by atoms with Crippen molar-refractivity contribution in [2.24, 2.45) is 5.92 Å². The number of fused-ring (bicyclic) bond motifs is 4. The van der Waals surface area contributed by atoms with Crippen molar-refractivity contribution in [2.75, 3.05) is 19.6 Å². The Morgan fingerprint density at radius 2 is 1.85 bits per heavy atom. The molecule has 27 heavy (non-hydrogen) atoms. The summed E-state index contributed by atoms with van der Waals surface area (Å²) in [4.78, 5) is 33.5. The number of carbonyl (C=O) groups is 2. The van der Waals surface area contributed by atoms with Crippen molar-refractivity contribution in [3.8, 4) is 0 Å². The van der Waals surface area contributed by atoms with Crippen LogP contribution < -0.4 is 0 Å². The van der Waals surface area contributed by atoms with Crippen molar-refractivity contribution < 1.29 is 14.0 Å². The summed E-state index contributed by atoms with van der Waals surface area (Å²) in [5, 5.41) is 0. The van der Waals surface area contributed by atoms with Gasteiger partial charge in [0, 0.05) is 31.9 Å². The Kier molecular flexibility index (Phi) is 4.88. The minimum atomic E-state index is -0.349. The highest BCUT2D eigenvalue weighted by atomic mass is 19.1. The third kappa shape index (κ3) is 3.70. The third-order valence-electron chi connectivity index (χ3n) is 5.50.